The highest BCUT2D eigenvalue weighted by atomic mass is 31.2. The molecule has 0 saturated heterocycles. The Morgan fingerprint density at radius 2 is 0.544 bits per heavy atom. The fourth-order valence-electron chi connectivity index (χ4n) is 7.46. The molecule has 8 aromatic rings. The van der Waals surface area contributed by atoms with Gasteiger partial charge in [-0.3, -0.25) is 0 Å². The van der Waals surface area contributed by atoms with Gasteiger partial charge in [-0.2, -0.15) is 0 Å². The molecule has 0 heterocycles. The highest BCUT2D eigenvalue weighted by Gasteiger charge is 2.30. The molecule has 0 amide bonds. The number of hydrogen-bond donors (Lipinski definition) is 0. The Balaban J connectivity index is 1.28. The maximum absolute atomic E-state index is 7.14. The van der Waals surface area contributed by atoms with Crippen molar-refractivity contribution in [1.29, 1.82) is 0 Å². The second kappa shape index (κ2) is 24.7. The molecule has 12 heteroatoms. The Bertz CT molecular complexity index is 2570. The number of ether oxygens (including phenoxy) is 4. The summed E-state index contributed by atoms with van der Waals surface area (Å²) >= 11 is 0. The lowest BCUT2D eigenvalue weighted by Gasteiger charge is -2.25. The van der Waals surface area contributed by atoms with Gasteiger partial charge in [-0.1, -0.05) is 133 Å². The zero-order valence-electron chi connectivity index (χ0n) is 38.8. The predicted octanol–water partition coefficient (Wildman–Crippen LogP) is 15.3. The Kier molecular flexibility index (Phi) is 17.5. The van der Waals surface area contributed by atoms with E-state index in [0.29, 0.717) is 87.4 Å². The number of hydrogen-bond acceptors (Lipinski definition) is 10. The molecule has 68 heavy (non-hydrogen) atoms. The fraction of sp³-hybridized carbons (Fsp3) is 0.214. The van der Waals surface area contributed by atoms with E-state index in [4.69, 9.17) is 46.1 Å². The lowest BCUT2D eigenvalue weighted by atomic mass is 9.92. The van der Waals surface area contributed by atoms with E-state index in [0.717, 1.165) is 54.9 Å². The van der Waals surface area contributed by atoms with E-state index in [9.17, 15) is 0 Å². The first kappa shape index (κ1) is 48.2. The first-order chi connectivity index (χ1) is 33.6. The smallest absolute Gasteiger partial charge is 0.408 e. The van der Waals surface area contributed by atoms with Crippen molar-refractivity contribution >= 4 is 38.7 Å². The van der Waals surface area contributed by atoms with E-state index in [1.165, 1.54) is 0 Å². The lowest BCUT2D eigenvalue weighted by molar-refractivity contribution is 0.132. The number of benzene rings is 8. The second-order valence-corrected chi connectivity index (χ2v) is 17.3. The molecular formula is C56H56O10P2. The maximum atomic E-state index is 7.14. The van der Waals surface area contributed by atoms with Crippen LogP contribution in [0.1, 0.15) is 49.9 Å². The molecule has 0 radical (unpaired) electrons. The van der Waals surface area contributed by atoms with Gasteiger partial charge in [-0.15, -0.1) is 0 Å². The Labute approximate surface area is 401 Å². The Morgan fingerprint density at radius 3 is 0.853 bits per heavy atom. The standard InChI is InChI=1S/C56H56O10P2/c1-5-57-37-43-23-11-17-29-49(43)61-67(62-50-30-18-12-24-44(50)38-58-6-2)65-53-35-33-41-21-9-15-27-47(41)55(53)56-48-28-16-10-22-42(48)34-36-54(56)66-68(63-51-31-19-13-25-45(51)39-59-7-3)64-52-32-20-14-26-46(52)40-60-8-4/h9-36H,5-8,37-40H2,1-4H3. The van der Waals surface area contributed by atoms with E-state index in [-0.39, 0.29) is 0 Å². The van der Waals surface area contributed by atoms with Gasteiger partial charge in [0.15, 0.2) is 0 Å². The van der Waals surface area contributed by atoms with Crippen molar-refractivity contribution in [2.45, 2.75) is 54.1 Å². The van der Waals surface area contributed by atoms with Gasteiger partial charge >= 0.3 is 17.2 Å². The summed E-state index contributed by atoms with van der Waals surface area (Å²) in [6.07, 6.45) is 0. The molecule has 0 aliphatic carbocycles. The summed E-state index contributed by atoms with van der Waals surface area (Å²) in [7, 11) is -4.38. The topological polar surface area (TPSA) is 92.3 Å². The van der Waals surface area contributed by atoms with Crippen LogP contribution in [-0.2, 0) is 45.4 Å². The van der Waals surface area contributed by atoms with Crippen LogP contribution < -0.4 is 27.1 Å². The normalized spacial score (nSPS) is 11.3. The van der Waals surface area contributed by atoms with Crippen LogP contribution >= 0.6 is 17.2 Å². The molecule has 0 aliphatic rings. The molecule has 350 valence electrons. The maximum Gasteiger partial charge on any atom is 0.530 e. The van der Waals surface area contributed by atoms with Crippen LogP contribution in [0, 0.1) is 0 Å². The van der Waals surface area contributed by atoms with Gasteiger partial charge in [0, 0.05) is 59.8 Å². The number of rotatable bonds is 25. The first-order valence-electron chi connectivity index (χ1n) is 22.9. The van der Waals surface area contributed by atoms with Crippen LogP contribution in [0.2, 0.25) is 0 Å². The van der Waals surface area contributed by atoms with Gasteiger partial charge in [-0.05, 0) is 85.6 Å². The highest BCUT2D eigenvalue weighted by molar-refractivity contribution is 7.43. The van der Waals surface area contributed by atoms with Crippen LogP contribution in [0.15, 0.2) is 170 Å². The van der Waals surface area contributed by atoms with Gasteiger partial charge in [-0.25, -0.2) is 0 Å². The molecule has 0 atom stereocenters. The van der Waals surface area contributed by atoms with Gasteiger partial charge in [0.1, 0.15) is 34.5 Å². The summed E-state index contributed by atoms with van der Waals surface area (Å²) in [5.41, 5.74) is 4.98. The SMILES string of the molecule is CCOCc1ccccc1OP(Oc1ccccc1COCC)Oc1ccc2ccccc2c1-c1c(OP(Oc2ccccc2COCC)Oc2ccccc2COCC)ccc2ccccc12. The van der Waals surface area contributed by atoms with E-state index in [2.05, 4.69) is 24.3 Å². The molecule has 0 fully saturated rings. The molecule has 8 rings (SSSR count). The summed E-state index contributed by atoms with van der Waals surface area (Å²) < 4.78 is 65.0. The van der Waals surface area contributed by atoms with Crippen LogP contribution in [-0.4, -0.2) is 26.4 Å². The van der Waals surface area contributed by atoms with Gasteiger partial charge in [0.2, 0.25) is 0 Å². The highest BCUT2D eigenvalue weighted by Crippen LogP contribution is 2.54. The summed E-state index contributed by atoms with van der Waals surface area (Å²) in [5.74, 6) is 3.35. The van der Waals surface area contributed by atoms with E-state index in [1.807, 2.05) is 173 Å². The first-order valence-corrected chi connectivity index (χ1v) is 25.1. The second-order valence-electron chi connectivity index (χ2n) is 15.3. The zero-order valence-corrected chi connectivity index (χ0v) is 40.6. The van der Waals surface area contributed by atoms with Crippen LogP contribution in [0.25, 0.3) is 32.7 Å². The molecule has 0 bridgehead atoms. The molecule has 0 aliphatic heterocycles. The minimum absolute atomic E-state index is 0.355. The van der Waals surface area contributed by atoms with Crippen LogP contribution in [0.3, 0.4) is 0 Å². The number of fused-ring (bicyclic) bond motifs is 2. The lowest BCUT2D eigenvalue weighted by Crippen LogP contribution is -2.08. The Morgan fingerprint density at radius 1 is 0.279 bits per heavy atom. The molecular weight excluding hydrogens is 895 g/mol. The molecule has 8 aromatic carbocycles. The van der Waals surface area contributed by atoms with Crippen molar-refractivity contribution in [2.24, 2.45) is 0 Å². The van der Waals surface area contributed by atoms with Gasteiger partial charge < -0.3 is 46.1 Å². The zero-order chi connectivity index (χ0) is 46.9. The summed E-state index contributed by atoms with van der Waals surface area (Å²) in [6.45, 7) is 11.5. The molecule has 0 N–H and O–H groups in total. The van der Waals surface area contributed by atoms with Crippen molar-refractivity contribution in [2.75, 3.05) is 26.4 Å². The quantitative estimate of drug-likeness (QED) is 0.0516. The predicted molar refractivity (Wildman–Crippen MR) is 272 cm³/mol. The minimum atomic E-state index is -2.19. The monoisotopic (exact) mass is 950 g/mol. The fourth-order valence-corrected chi connectivity index (χ4v) is 9.67. The van der Waals surface area contributed by atoms with Crippen molar-refractivity contribution in [3.05, 3.63) is 192 Å². The van der Waals surface area contributed by atoms with E-state index in [1.54, 1.807) is 0 Å². The van der Waals surface area contributed by atoms with Crippen LogP contribution in [0.5, 0.6) is 34.5 Å². The van der Waals surface area contributed by atoms with Crippen molar-refractivity contribution in [1.82, 2.24) is 0 Å². The summed E-state index contributed by atoms with van der Waals surface area (Å²) in [4.78, 5) is 0. The van der Waals surface area contributed by atoms with Gasteiger partial charge in [0.05, 0.1) is 26.4 Å². The third kappa shape index (κ3) is 12.3. The average Bonchev–Trinajstić information content (AvgIpc) is 3.37. The summed E-state index contributed by atoms with van der Waals surface area (Å²) in [5, 5.41) is 3.83. The summed E-state index contributed by atoms with van der Waals surface area (Å²) in [6, 6.07) is 55.6. The molecule has 10 nitrogen and oxygen atoms in total. The van der Waals surface area contributed by atoms with E-state index >= 15 is 0 Å². The largest absolute Gasteiger partial charge is 0.530 e. The van der Waals surface area contributed by atoms with Crippen LogP contribution in [0.4, 0.5) is 0 Å². The molecule has 0 spiro atoms. The molecule has 0 saturated carbocycles. The Hall–Kier alpha value is -6.22. The molecule has 0 unspecified atom stereocenters. The number of para-hydroxylation sites is 4. The van der Waals surface area contributed by atoms with Gasteiger partial charge in [0.25, 0.3) is 0 Å². The third-order valence-electron chi connectivity index (χ3n) is 10.8. The van der Waals surface area contributed by atoms with Crippen molar-refractivity contribution in [3.8, 4) is 45.6 Å². The third-order valence-corrected chi connectivity index (χ3v) is 12.9. The minimum Gasteiger partial charge on any atom is -0.408 e. The average molecular weight is 951 g/mol. The molecule has 0 aromatic heterocycles. The van der Waals surface area contributed by atoms with E-state index < -0.39 is 17.2 Å². The van der Waals surface area contributed by atoms with Crippen molar-refractivity contribution < 1.29 is 46.1 Å². The van der Waals surface area contributed by atoms with Crippen molar-refractivity contribution in [3.63, 3.8) is 0 Å².